The normalized spacial score (nSPS) is 12.6. The van der Waals surface area contributed by atoms with Crippen LogP contribution in [0.15, 0.2) is 30.6 Å². The van der Waals surface area contributed by atoms with Crippen molar-refractivity contribution in [2.24, 2.45) is 0 Å². The fraction of sp³-hybridized carbons (Fsp3) is 0.500. The van der Waals surface area contributed by atoms with Gasteiger partial charge in [0, 0.05) is 17.9 Å². The van der Waals surface area contributed by atoms with Crippen LogP contribution in [-0.4, -0.2) is 28.9 Å². The van der Waals surface area contributed by atoms with Crippen LogP contribution in [0.2, 0.25) is 0 Å². The van der Waals surface area contributed by atoms with Crippen LogP contribution in [0.3, 0.4) is 0 Å². The molecule has 0 aliphatic carbocycles. The van der Waals surface area contributed by atoms with Crippen molar-refractivity contribution in [1.82, 2.24) is 20.1 Å². The van der Waals surface area contributed by atoms with E-state index in [1.165, 1.54) is 0 Å². The minimum Gasteiger partial charge on any atom is -0.493 e. The van der Waals surface area contributed by atoms with E-state index in [0.717, 1.165) is 30.0 Å². The molecule has 1 N–H and O–H groups in total. The van der Waals surface area contributed by atoms with Crippen molar-refractivity contribution in [1.29, 1.82) is 0 Å². The number of nitrogens with zero attached hydrogens (tertiary/aromatic N) is 3. The minimum atomic E-state index is 0.187. The number of pyridine rings is 1. The number of methoxy groups -OCH3 is 1. The molecule has 0 amide bonds. The van der Waals surface area contributed by atoms with E-state index in [-0.39, 0.29) is 6.04 Å². The van der Waals surface area contributed by atoms with Gasteiger partial charge in [0.05, 0.1) is 25.0 Å². The summed E-state index contributed by atoms with van der Waals surface area (Å²) in [5, 5.41) is 7.82. The Morgan fingerprint density at radius 2 is 2.14 bits per heavy atom. The molecule has 2 aromatic heterocycles. The number of aromatic nitrogens is 3. The molecular formula is C16H24N4O. The van der Waals surface area contributed by atoms with Crippen molar-refractivity contribution in [2.45, 2.75) is 38.8 Å². The maximum atomic E-state index is 5.47. The molecular weight excluding hydrogens is 264 g/mol. The van der Waals surface area contributed by atoms with Gasteiger partial charge in [0.2, 0.25) is 0 Å². The lowest BCUT2D eigenvalue weighted by Gasteiger charge is -2.21. The maximum Gasteiger partial charge on any atom is 0.161 e. The first-order valence-electron chi connectivity index (χ1n) is 7.36. The zero-order valence-electron chi connectivity index (χ0n) is 13.2. The molecule has 2 rings (SSSR count). The first kappa shape index (κ1) is 15.5. The molecule has 1 unspecified atom stereocenters. The molecule has 0 aliphatic heterocycles. The molecule has 2 heterocycles. The SMILES string of the molecule is CNC(CCc1ccccn1)c1c(OC)cnn1C(C)C. The van der Waals surface area contributed by atoms with Crippen LogP contribution >= 0.6 is 0 Å². The number of nitrogens with one attached hydrogen (secondary N) is 1. The first-order chi connectivity index (χ1) is 10.2. The second-order valence-corrected chi connectivity index (χ2v) is 5.34. The second-order valence-electron chi connectivity index (χ2n) is 5.34. The Bertz CT molecular complexity index is 551. The van der Waals surface area contributed by atoms with Crippen molar-refractivity contribution in [3.63, 3.8) is 0 Å². The van der Waals surface area contributed by atoms with Crippen LogP contribution in [0.25, 0.3) is 0 Å². The predicted molar refractivity (Wildman–Crippen MR) is 83.5 cm³/mol. The largest absolute Gasteiger partial charge is 0.493 e. The highest BCUT2D eigenvalue weighted by Crippen LogP contribution is 2.29. The van der Waals surface area contributed by atoms with Gasteiger partial charge >= 0.3 is 0 Å². The van der Waals surface area contributed by atoms with E-state index >= 15 is 0 Å². The van der Waals surface area contributed by atoms with Crippen molar-refractivity contribution < 1.29 is 4.74 Å². The van der Waals surface area contributed by atoms with Crippen LogP contribution in [0.4, 0.5) is 0 Å². The van der Waals surface area contributed by atoms with Gasteiger partial charge in [-0.1, -0.05) is 6.07 Å². The third-order valence-electron chi connectivity index (χ3n) is 3.60. The molecule has 0 saturated heterocycles. The van der Waals surface area contributed by atoms with Crippen molar-refractivity contribution >= 4 is 0 Å². The molecule has 5 nitrogen and oxygen atoms in total. The molecule has 1 atom stereocenters. The highest BCUT2D eigenvalue weighted by Gasteiger charge is 2.22. The van der Waals surface area contributed by atoms with Crippen LogP contribution < -0.4 is 10.1 Å². The summed E-state index contributed by atoms with van der Waals surface area (Å²) in [4.78, 5) is 4.38. The monoisotopic (exact) mass is 288 g/mol. The average molecular weight is 288 g/mol. The van der Waals surface area contributed by atoms with Gasteiger partial charge in [0.1, 0.15) is 0 Å². The molecule has 0 radical (unpaired) electrons. The summed E-state index contributed by atoms with van der Waals surface area (Å²) in [6.07, 6.45) is 5.49. The van der Waals surface area contributed by atoms with Crippen molar-refractivity contribution in [3.05, 3.63) is 42.0 Å². The fourth-order valence-electron chi connectivity index (χ4n) is 2.51. The topological polar surface area (TPSA) is 52.0 Å². The molecule has 0 spiro atoms. The standard InChI is InChI=1S/C16H24N4O/c1-12(2)20-16(15(21-4)11-19-20)14(17-3)9-8-13-7-5-6-10-18-13/h5-7,10-12,14,17H,8-9H2,1-4H3. The van der Waals surface area contributed by atoms with Crippen LogP contribution in [-0.2, 0) is 6.42 Å². The second kappa shape index (κ2) is 7.22. The van der Waals surface area contributed by atoms with E-state index in [1.807, 2.05) is 30.1 Å². The fourth-order valence-corrected chi connectivity index (χ4v) is 2.51. The quantitative estimate of drug-likeness (QED) is 0.851. The average Bonchev–Trinajstić information content (AvgIpc) is 2.93. The number of hydrogen-bond donors (Lipinski definition) is 1. The molecule has 0 saturated carbocycles. The third kappa shape index (κ3) is 3.61. The molecule has 0 aliphatic rings. The Morgan fingerprint density at radius 1 is 1.33 bits per heavy atom. The summed E-state index contributed by atoms with van der Waals surface area (Å²) in [6.45, 7) is 4.25. The van der Waals surface area contributed by atoms with Crippen LogP contribution in [0.1, 0.15) is 43.7 Å². The molecule has 21 heavy (non-hydrogen) atoms. The summed E-state index contributed by atoms with van der Waals surface area (Å²) in [5.74, 6) is 0.837. The Hall–Kier alpha value is -1.88. The lowest BCUT2D eigenvalue weighted by atomic mass is 10.0. The van der Waals surface area contributed by atoms with Gasteiger partial charge in [-0.25, -0.2) is 0 Å². The van der Waals surface area contributed by atoms with Gasteiger partial charge in [0.25, 0.3) is 0 Å². The minimum absolute atomic E-state index is 0.187. The third-order valence-corrected chi connectivity index (χ3v) is 3.60. The Morgan fingerprint density at radius 3 is 2.71 bits per heavy atom. The van der Waals surface area contributed by atoms with Crippen molar-refractivity contribution in [2.75, 3.05) is 14.2 Å². The molecule has 0 bridgehead atoms. The zero-order valence-corrected chi connectivity index (χ0v) is 13.2. The molecule has 0 fully saturated rings. The summed E-state index contributed by atoms with van der Waals surface area (Å²) in [7, 11) is 3.66. The van der Waals surface area contributed by atoms with Crippen molar-refractivity contribution in [3.8, 4) is 5.75 Å². The number of hydrogen-bond acceptors (Lipinski definition) is 4. The smallest absolute Gasteiger partial charge is 0.161 e. The first-order valence-corrected chi connectivity index (χ1v) is 7.36. The summed E-state index contributed by atoms with van der Waals surface area (Å²) >= 11 is 0. The summed E-state index contributed by atoms with van der Waals surface area (Å²) in [5.41, 5.74) is 2.21. The van der Waals surface area contributed by atoms with Gasteiger partial charge in [-0.15, -0.1) is 0 Å². The van der Waals surface area contributed by atoms with E-state index in [9.17, 15) is 0 Å². The van der Waals surface area contributed by atoms with E-state index in [0.29, 0.717) is 6.04 Å². The zero-order chi connectivity index (χ0) is 15.2. The van der Waals surface area contributed by atoms with E-state index in [4.69, 9.17) is 4.74 Å². The van der Waals surface area contributed by atoms with E-state index in [2.05, 4.69) is 35.3 Å². The van der Waals surface area contributed by atoms with Gasteiger partial charge in [-0.05, 0) is 45.9 Å². The Balaban J connectivity index is 2.19. The molecule has 114 valence electrons. The van der Waals surface area contributed by atoms with Gasteiger partial charge in [-0.2, -0.15) is 5.10 Å². The highest BCUT2D eigenvalue weighted by atomic mass is 16.5. The van der Waals surface area contributed by atoms with Gasteiger partial charge < -0.3 is 10.1 Å². The van der Waals surface area contributed by atoms with Gasteiger partial charge in [0.15, 0.2) is 5.75 Å². The van der Waals surface area contributed by atoms with E-state index in [1.54, 1.807) is 13.3 Å². The van der Waals surface area contributed by atoms with Gasteiger partial charge in [-0.3, -0.25) is 9.67 Å². The summed E-state index contributed by atoms with van der Waals surface area (Å²) in [6, 6.07) is 6.51. The van der Waals surface area contributed by atoms with Crippen LogP contribution in [0, 0.1) is 0 Å². The highest BCUT2D eigenvalue weighted by molar-refractivity contribution is 5.29. The van der Waals surface area contributed by atoms with Crippen LogP contribution in [0.5, 0.6) is 5.75 Å². The Kier molecular flexibility index (Phi) is 5.33. The molecule has 0 aromatic carbocycles. The predicted octanol–water partition coefficient (Wildman–Crippen LogP) is 2.76. The number of rotatable bonds is 7. The Labute approximate surface area is 126 Å². The molecule has 2 aromatic rings. The number of ether oxygens (including phenoxy) is 1. The maximum absolute atomic E-state index is 5.47. The lowest BCUT2D eigenvalue weighted by Crippen LogP contribution is -2.22. The molecule has 5 heteroatoms. The number of aryl methyl sites for hydroxylation is 1. The summed E-state index contributed by atoms with van der Waals surface area (Å²) < 4.78 is 7.50. The van der Waals surface area contributed by atoms with E-state index < -0.39 is 0 Å². The lowest BCUT2D eigenvalue weighted by molar-refractivity contribution is 0.383.